The zero-order valence-corrected chi connectivity index (χ0v) is 24.8. The minimum atomic E-state index is -4.92. The summed E-state index contributed by atoms with van der Waals surface area (Å²) in [6.07, 6.45) is 0. The molecular weight excluding hydrogens is 582 g/mol. The van der Waals surface area contributed by atoms with E-state index in [4.69, 9.17) is 19.1 Å². The number of ether oxygens (including phenoxy) is 3. The highest BCUT2D eigenvalue weighted by atomic mass is 32.2. The van der Waals surface area contributed by atoms with Gasteiger partial charge in [-0.15, -0.1) is 0 Å². The van der Waals surface area contributed by atoms with Crippen molar-refractivity contribution < 1.29 is 50.4 Å². The van der Waals surface area contributed by atoms with Crippen LogP contribution >= 0.6 is 15.4 Å². The van der Waals surface area contributed by atoms with E-state index in [1.807, 2.05) is 54.6 Å². The molecule has 0 aliphatic rings. The first-order chi connectivity index (χ1) is 18.8. The molecule has 3 aromatic rings. The van der Waals surface area contributed by atoms with Gasteiger partial charge in [0, 0.05) is 6.66 Å². The Morgan fingerprint density at radius 1 is 0.725 bits per heavy atom. The normalized spacial score (nSPS) is 15.1. The number of phosphoric acid groups is 1. The van der Waals surface area contributed by atoms with Crippen molar-refractivity contribution >= 4 is 25.3 Å². The van der Waals surface area contributed by atoms with Gasteiger partial charge in [-0.05, 0) is 41.0 Å². The maximum absolute atomic E-state index is 12.8. The van der Waals surface area contributed by atoms with Gasteiger partial charge in [0.25, 0.3) is 0 Å². The number of phosphoric ester groups is 1. The third-order valence-corrected chi connectivity index (χ3v) is 9.91. The molecule has 14 heteroatoms. The molecule has 2 unspecified atom stereocenters. The molecule has 0 aliphatic carbocycles. The monoisotopic (exact) mass is 614 g/mol. The number of benzene rings is 3. The van der Waals surface area contributed by atoms with Crippen molar-refractivity contribution in [3.05, 3.63) is 95.6 Å². The maximum Gasteiger partial charge on any atom is 0.479 e. The summed E-state index contributed by atoms with van der Waals surface area (Å²) in [6, 6.07) is 23.8. The van der Waals surface area contributed by atoms with E-state index >= 15 is 0 Å². The van der Waals surface area contributed by atoms with Crippen LogP contribution in [0.25, 0.3) is 0 Å². The second-order valence-corrected chi connectivity index (χ2v) is 14.4. The lowest BCUT2D eigenvalue weighted by Crippen LogP contribution is -2.35. The maximum atomic E-state index is 12.8. The van der Waals surface area contributed by atoms with Crippen LogP contribution in [-0.4, -0.2) is 63.8 Å². The summed E-state index contributed by atoms with van der Waals surface area (Å²) in [5.74, 6) is 0.176. The van der Waals surface area contributed by atoms with Crippen molar-refractivity contribution in [3.63, 3.8) is 0 Å². The number of hydrogen-bond donors (Lipinski definition) is 2. The molecule has 0 bridgehead atoms. The second kappa shape index (κ2) is 13.4. The molecule has 0 amide bonds. The molecule has 0 aromatic heterocycles. The van der Waals surface area contributed by atoms with E-state index in [0.717, 1.165) is 16.7 Å². The quantitative estimate of drug-likeness (QED) is 0.185. The van der Waals surface area contributed by atoms with Crippen molar-refractivity contribution in [2.75, 3.05) is 45.6 Å². The first-order valence-corrected chi connectivity index (χ1v) is 17.3. The Hall–Kier alpha value is -2.53. The predicted octanol–water partition coefficient (Wildman–Crippen LogP) is 4.38. The van der Waals surface area contributed by atoms with E-state index in [1.54, 1.807) is 38.5 Å². The van der Waals surface area contributed by atoms with Crippen molar-refractivity contribution in [1.82, 2.24) is 0 Å². The summed E-state index contributed by atoms with van der Waals surface area (Å²) in [4.78, 5) is 18.6. The minimum absolute atomic E-state index is 0.247. The van der Waals surface area contributed by atoms with Crippen LogP contribution in [0, 0.1) is 0 Å². The Morgan fingerprint density at radius 3 is 1.62 bits per heavy atom. The number of sulfone groups is 1. The molecule has 0 saturated heterocycles. The Labute approximate surface area is 233 Å². The van der Waals surface area contributed by atoms with E-state index in [1.165, 1.54) is 0 Å². The van der Waals surface area contributed by atoms with Gasteiger partial charge in [-0.3, -0.25) is 9.09 Å². The van der Waals surface area contributed by atoms with Gasteiger partial charge in [-0.2, -0.15) is 0 Å². The predicted molar refractivity (Wildman–Crippen MR) is 150 cm³/mol. The summed E-state index contributed by atoms with van der Waals surface area (Å²) < 4.78 is 74.3. The van der Waals surface area contributed by atoms with Crippen LogP contribution < -0.4 is 9.47 Å². The number of methoxy groups -OCH3 is 2. The fourth-order valence-electron chi connectivity index (χ4n) is 3.99. The van der Waals surface area contributed by atoms with Crippen LogP contribution in [0.2, 0.25) is 0 Å². The van der Waals surface area contributed by atoms with Gasteiger partial charge in [-0.25, -0.2) is 17.3 Å². The average molecular weight is 615 g/mol. The lowest BCUT2D eigenvalue weighted by atomic mass is 9.80. The van der Waals surface area contributed by atoms with Gasteiger partial charge >= 0.3 is 15.4 Å². The molecule has 0 spiro atoms. The molecule has 0 fully saturated rings. The third kappa shape index (κ3) is 8.73. The molecule has 2 atom stereocenters. The van der Waals surface area contributed by atoms with E-state index in [9.17, 15) is 22.4 Å². The van der Waals surface area contributed by atoms with Gasteiger partial charge in [0.15, 0.2) is 9.84 Å². The highest BCUT2D eigenvalue weighted by Crippen LogP contribution is 2.57. The Balaban J connectivity index is 1.89. The van der Waals surface area contributed by atoms with Crippen LogP contribution in [0.3, 0.4) is 0 Å². The second-order valence-electron chi connectivity index (χ2n) is 8.69. The SMILES string of the molecule is COc1ccc(C(OCCS(=O)(=O)CCOP(=O)(O)OP(C)(=O)O)(c2ccccc2)c2ccc(OC)cc2)cc1. The van der Waals surface area contributed by atoms with Crippen molar-refractivity contribution in [2.24, 2.45) is 0 Å². The third-order valence-electron chi connectivity index (χ3n) is 5.79. The zero-order chi connectivity index (χ0) is 29.4. The van der Waals surface area contributed by atoms with Gasteiger partial charge in [0.05, 0.1) is 38.9 Å². The molecular formula is C26H32O11P2S. The van der Waals surface area contributed by atoms with Crippen molar-refractivity contribution in [1.29, 1.82) is 0 Å². The Bertz CT molecular complexity index is 1390. The summed E-state index contributed by atoms with van der Waals surface area (Å²) in [5, 5.41) is 0. The Kier molecular flexibility index (Phi) is 10.7. The largest absolute Gasteiger partial charge is 0.497 e. The molecule has 2 N–H and O–H groups in total. The van der Waals surface area contributed by atoms with E-state index < -0.39 is 49.0 Å². The van der Waals surface area contributed by atoms with Crippen LogP contribution in [0.4, 0.5) is 0 Å². The standard InChI is InChI=1S/C26H32O11P2S/c1-33-24-13-9-22(10-14-24)26(21-7-5-4-6-8-21,23-11-15-25(34-2)16-12-23)35-17-19-40(31,32)20-18-36-39(29,30)37-38(3,27)28/h4-16H,17-20H2,1-3H3,(H,27,28)(H,29,30). The van der Waals surface area contributed by atoms with Crippen LogP contribution in [0.15, 0.2) is 78.9 Å². The molecule has 3 rings (SSSR count). The number of rotatable bonds is 15. The summed E-state index contributed by atoms with van der Waals surface area (Å²) in [7, 11) is -9.98. The summed E-state index contributed by atoms with van der Waals surface area (Å²) >= 11 is 0. The Morgan fingerprint density at radius 2 is 1.18 bits per heavy atom. The highest BCUT2D eigenvalue weighted by Gasteiger charge is 2.38. The van der Waals surface area contributed by atoms with Crippen LogP contribution in [0.1, 0.15) is 16.7 Å². The lowest BCUT2D eigenvalue weighted by molar-refractivity contribution is 0.0227. The molecule has 3 aromatic carbocycles. The molecule has 11 nitrogen and oxygen atoms in total. The lowest BCUT2D eigenvalue weighted by Gasteiger charge is -2.36. The van der Waals surface area contributed by atoms with Gasteiger partial charge < -0.3 is 24.0 Å². The van der Waals surface area contributed by atoms with Crippen LogP contribution in [0.5, 0.6) is 11.5 Å². The molecule has 40 heavy (non-hydrogen) atoms. The highest BCUT2D eigenvalue weighted by molar-refractivity contribution is 7.91. The van der Waals surface area contributed by atoms with Gasteiger partial charge in [0.1, 0.15) is 17.1 Å². The van der Waals surface area contributed by atoms with Crippen molar-refractivity contribution in [2.45, 2.75) is 5.60 Å². The zero-order valence-electron chi connectivity index (χ0n) is 22.2. The van der Waals surface area contributed by atoms with Crippen molar-refractivity contribution in [3.8, 4) is 11.5 Å². The molecule has 218 valence electrons. The topological polar surface area (TPSA) is 155 Å². The molecule has 0 heterocycles. The van der Waals surface area contributed by atoms with Crippen LogP contribution in [-0.2, 0) is 38.1 Å². The first-order valence-electron chi connectivity index (χ1n) is 12.0. The fraction of sp³-hybridized carbons (Fsp3) is 0.308. The smallest absolute Gasteiger partial charge is 0.479 e. The summed E-state index contributed by atoms with van der Waals surface area (Å²) in [6.45, 7) is -0.266. The minimum Gasteiger partial charge on any atom is -0.497 e. The van der Waals surface area contributed by atoms with E-state index in [0.29, 0.717) is 18.2 Å². The number of hydrogen-bond acceptors (Lipinski definition) is 9. The van der Waals surface area contributed by atoms with E-state index in [-0.39, 0.29) is 6.61 Å². The summed E-state index contributed by atoms with van der Waals surface area (Å²) in [5.41, 5.74) is 0.968. The van der Waals surface area contributed by atoms with Gasteiger partial charge in [-0.1, -0.05) is 54.6 Å². The fourth-order valence-corrected chi connectivity index (χ4v) is 7.04. The molecule has 0 radical (unpaired) electrons. The van der Waals surface area contributed by atoms with Gasteiger partial charge in [0.2, 0.25) is 0 Å². The molecule has 0 aliphatic heterocycles. The average Bonchev–Trinajstić information content (AvgIpc) is 2.90. The van der Waals surface area contributed by atoms with E-state index in [2.05, 4.69) is 8.83 Å². The molecule has 0 saturated carbocycles. The first kappa shape index (κ1) is 32.0.